The predicted octanol–water partition coefficient (Wildman–Crippen LogP) is 2.33. The van der Waals surface area contributed by atoms with Crippen molar-refractivity contribution in [3.05, 3.63) is 21.5 Å². The summed E-state index contributed by atoms with van der Waals surface area (Å²) < 4.78 is 1.54. The summed E-state index contributed by atoms with van der Waals surface area (Å²) in [6.07, 6.45) is -0.000582. The molecule has 6 heteroatoms. The van der Waals surface area contributed by atoms with E-state index in [0.717, 1.165) is 0 Å². The Morgan fingerprint density at radius 2 is 2.00 bits per heavy atom. The maximum Gasteiger partial charge on any atom is 0.313 e. The normalized spacial score (nSPS) is 14.8. The zero-order valence-electron chi connectivity index (χ0n) is 11.5. The van der Waals surface area contributed by atoms with Crippen molar-refractivity contribution in [3.8, 4) is 0 Å². The molecule has 18 heavy (non-hydrogen) atoms. The van der Waals surface area contributed by atoms with Gasteiger partial charge in [-0.15, -0.1) is 0 Å². The standard InChI is InChI=1S/C12H21N3O3/c1-6-9(8(4)16)11-12(15(17)18)10(7(2)3)13-14(11)5/h7-9,16H,6H2,1-5H3. The van der Waals surface area contributed by atoms with Crippen LogP contribution in [0, 0.1) is 10.1 Å². The topological polar surface area (TPSA) is 81.2 Å². The van der Waals surface area contributed by atoms with Crippen LogP contribution in [0.4, 0.5) is 5.69 Å². The molecule has 1 rings (SSSR count). The number of nitro groups is 1. The minimum absolute atomic E-state index is 0.0168. The van der Waals surface area contributed by atoms with Gasteiger partial charge in [-0.05, 0) is 13.3 Å². The lowest BCUT2D eigenvalue weighted by molar-refractivity contribution is -0.386. The van der Waals surface area contributed by atoms with Crippen LogP contribution in [0.3, 0.4) is 0 Å². The van der Waals surface area contributed by atoms with Crippen LogP contribution in [0.2, 0.25) is 0 Å². The van der Waals surface area contributed by atoms with Crippen LogP contribution in [-0.2, 0) is 7.05 Å². The fourth-order valence-corrected chi connectivity index (χ4v) is 2.30. The second-order valence-corrected chi connectivity index (χ2v) is 4.91. The molecule has 0 bridgehead atoms. The molecule has 1 aromatic rings. The molecular weight excluding hydrogens is 234 g/mol. The maximum absolute atomic E-state index is 11.3. The lowest BCUT2D eigenvalue weighted by Gasteiger charge is -2.17. The zero-order valence-corrected chi connectivity index (χ0v) is 11.5. The summed E-state index contributed by atoms with van der Waals surface area (Å²) in [5.41, 5.74) is 1.05. The first-order chi connectivity index (χ1) is 8.31. The monoisotopic (exact) mass is 255 g/mol. The molecular formula is C12H21N3O3. The first kappa shape index (κ1) is 14.6. The molecule has 0 saturated heterocycles. The van der Waals surface area contributed by atoms with Crippen molar-refractivity contribution in [2.75, 3.05) is 0 Å². The van der Waals surface area contributed by atoms with E-state index in [-0.39, 0.29) is 22.4 Å². The third-order valence-corrected chi connectivity index (χ3v) is 3.19. The largest absolute Gasteiger partial charge is 0.393 e. The van der Waals surface area contributed by atoms with Crippen molar-refractivity contribution in [1.29, 1.82) is 0 Å². The fourth-order valence-electron chi connectivity index (χ4n) is 2.30. The average Bonchev–Trinajstić information content (AvgIpc) is 2.57. The summed E-state index contributed by atoms with van der Waals surface area (Å²) in [5, 5.41) is 25.3. The Kier molecular flexibility index (Phi) is 4.45. The van der Waals surface area contributed by atoms with Gasteiger partial charge in [-0.25, -0.2) is 0 Å². The van der Waals surface area contributed by atoms with E-state index in [2.05, 4.69) is 5.10 Å². The van der Waals surface area contributed by atoms with Gasteiger partial charge in [-0.2, -0.15) is 5.10 Å². The smallest absolute Gasteiger partial charge is 0.313 e. The Hall–Kier alpha value is -1.43. The van der Waals surface area contributed by atoms with E-state index in [9.17, 15) is 15.2 Å². The number of nitrogens with zero attached hydrogens (tertiary/aromatic N) is 3. The molecule has 0 spiro atoms. The lowest BCUT2D eigenvalue weighted by Crippen LogP contribution is -2.18. The van der Waals surface area contributed by atoms with Gasteiger partial charge >= 0.3 is 5.69 Å². The van der Waals surface area contributed by atoms with Gasteiger partial charge < -0.3 is 5.11 Å². The highest BCUT2D eigenvalue weighted by molar-refractivity contribution is 5.45. The summed E-state index contributed by atoms with van der Waals surface area (Å²) >= 11 is 0. The van der Waals surface area contributed by atoms with E-state index in [1.807, 2.05) is 20.8 Å². The van der Waals surface area contributed by atoms with Crippen LogP contribution in [0.5, 0.6) is 0 Å². The molecule has 0 saturated carbocycles. The minimum atomic E-state index is -0.635. The maximum atomic E-state index is 11.3. The molecule has 0 fully saturated rings. The van der Waals surface area contributed by atoms with E-state index >= 15 is 0 Å². The van der Waals surface area contributed by atoms with E-state index in [4.69, 9.17) is 0 Å². The molecule has 6 nitrogen and oxygen atoms in total. The van der Waals surface area contributed by atoms with Crippen molar-refractivity contribution in [2.45, 2.75) is 52.1 Å². The summed E-state index contributed by atoms with van der Waals surface area (Å²) in [6, 6.07) is 0. The third kappa shape index (κ3) is 2.53. The Labute approximate surface area is 107 Å². The number of aromatic nitrogens is 2. The number of aryl methyl sites for hydroxylation is 1. The SMILES string of the molecule is CCC(c1c([N+](=O)[O-])c(C(C)C)nn1C)C(C)O. The van der Waals surface area contributed by atoms with Gasteiger partial charge in [0.1, 0.15) is 11.4 Å². The van der Waals surface area contributed by atoms with Crippen LogP contribution in [0.15, 0.2) is 0 Å². The Morgan fingerprint density at radius 3 is 2.33 bits per heavy atom. The molecule has 1 N–H and O–H groups in total. The molecule has 102 valence electrons. The van der Waals surface area contributed by atoms with E-state index in [1.165, 1.54) is 4.68 Å². The minimum Gasteiger partial charge on any atom is -0.393 e. The van der Waals surface area contributed by atoms with Crippen molar-refractivity contribution in [3.63, 3.8) is 0 Å². The Balaban J connectivity index is 3.46. The molecule has 0 radical (unpaired) electrons. The highest BCUT2D eigenvalue weighted by Crippen LogP contribution is 2.36. The van der Waals surface area contributed by atoms with Crippen LogP contribution in [0.25, 0.3) is 0 Å². The fraction of sp³-hybridized carbons (Fsp3) is 0.750. The number of rotatable bonds is 5. The van der Waals surface area contributed by atoms with Crippen LogP contribution >= 0.6 is 0 Å². The summed E-state index contributed by atoms with van der Waals surface area (Å²) in [4.78, 5) is 10.9. The first-order valence-corrected chi connectivity index (χ1v) is 6.20. The van der Waals surface area contributed by atoms with Gasteiger partial charge in [0.25, 0.3) is 0 Å². The van der Waals surface area contributed by atoms with Gasteiger partial charge in [0.15, 0.2) is 0 Å². The molecule has 0 amide bonds. The van der Waals surface area contributed by atoms with Crippen molar-refractivity contribution in [2.24, 2.45) is 7.05 Å². The molecule has 0 aromatic carbocycles. The van der Waals surface area contributed by atoms with Crippen LogP contribution < -0.4 is 0 Å². The van der Waals surface area contributed by atoms with Gasteiger partial charge in [-0.3, -0.25) is 14.8 Å². The predicted molar refractivity (Wildman–Crippen MR) is 68.7 cm³/mol. The molecule has 2 unspecified atom stereocenters. The number of aliphatic hydroxyl groups is 1. The van der Waals surface area contributed by atoms with E-state index in [1.54, 1.807) is 14.0 Å². The lowest BCUT2D eigenvalue weighted by atomic mass is 9.94. The summed E-state index contributed by atoms with van der Waals surface area (Å²) in [7, 11) is 1.69. The van der Waals surface area contributed by atoms with E-state index in [0.29, 0.717) is 17.8 Å². The zero-order chi connectivity index (χ0) is 14.0. The average molecular weight is 255 g/mol. The van der Waals surface area contributed by atoms with Crippen LogP contribution in [0.1, 0.15) is 57.3 Å². The molecule has 1 aromatic heterocycles. The van der Waals surface area contributed by atoms with E-state index < -0.39 is 6.10 Å². The van der Waals surface area contributed by atoms with Crippen molar-refractivity contribution in [1.82, 2.24) is 9.78 Å². The van der Waals surface area contributed by atoms with Gasteiger partial charge in [-0.1, -0.05) is 20.8 Å². The van der Waals surface area contributed by atoms with Crippen molar-refractivity contribution >= 4 is 5.69 Å². The first-order valence-electron chi connectivity index (χ1n) is 6.20. The second-order valence-electron chi connectivity index (χ2n) is 4.91. The Morgan fingerprint density at radius 1 is 1.44 bits per heavy atom. The number of aliphatic hydroxyl groups excluding tert-OH is 1. The number of hydrogen-bond donors (Lipinski definition) is 1. The van der Waals surface area contributed by atoms with Crippen LogP contribution in [-0.4, -0.2) is 25.9 Å². The number of hydrogen-bond acceptors (Lipinski definition) is 4. The highest BCUT2D eigenvalue weighted by atomic mass is 16.6. The summed E-state index contributed by atoms with van der Waals surface area (Å²) in [5.74, 6) is -0.285. The molecule has 1 heterocycles. The van der Waals surface area contributed by atoms with Gasteiger partial charge in [0.05, 0.1) is 11.0 Å². The quantitative estimate of drug-likeness (QED) is 0.646. The van der Waals surface area contributed by atoms with Gasteiger partial charge in [0, 0.05) is 18.9 Å². The highest BCUT2D eigenvalue weighted by Gasteiger charge is 2.34. The van der Waals surface area contributed by atoms with Gasteiger partial charge in [0.2, 0.25) is 0 Å². The van der Waals surface area contributed by atoms with Crippen molar-refractivity contribution < 1.29 is 10.0 Å². The molecule has 0 aliphatic heterocycles. The second kappa shape index (κ2) is 5.48. The third-order valence-electron chi connectivity index (χ3n) is 3.19. The summed E-state index contributed by atoms with van der Waals surface area (Å²) in [6.45, 7) is 7.31. The molecule has 0 aliphatic carbocycles. The Bertz CT molecular complexity index is 438. The molecule has 0 aliphatic rings. The molecule has 2 atom stereocenters.